The molecule has 0 saturated carbocycles. The van der Waals surface area contributed by atoms with Gasteiger partial charge in [0.15, 0.2) is 5.13 Å². The Kier molecular flexibility index (Phi) is 5.01. The minimum atomic E-state index is -0.246. The number of likely N-dealkylation sites (N-methyl/N-ethyl adjacent to an activating group) is 1. The van der Waals surface area contributed by atoms with Gasteiger partial charge >= 0.3 is 0 Å². The number of methoxy groups -OCH3 is 2. The van der Waals surface area contributed by atoms with E-state index in [1.807, 2.05) is 0 Å². The lowest BCUT2D eigenvalue weighted by Crippen LogP contribution is -2.29. The molecule has 128 valence electrons. The summed E-state index contributed by atoms with van der Waals surface area (Å²) in [5, 5.41) is 3.52. The van der Waals surface area contributed by atoms with E-state index in [0.29, 0.717) is 22.2 Å². The molecule has 1 aliphatic heterocycles. The molecule has 24 heavy (non-hydrogen) atoms. The number of aromatic nitrogens is 1. The molecule has 0 saturated heterocycles. The van der Waals surface area contributed by atoms with Gasteiger partial charge in [0.05, 0.1) is 25.5 Å². The topological polar surface area (TPSA) is 63.7 Å². The zero-order valence-corrected chi connectivity index (χ0v) is 14.9. The van der Waals surface area contributed by atoms with Crippen LogP contribution in [0.3, 0.4) is 0 Å². The maximum absolute atomic E-state index is 12.6. The third kappa shape index (κ3) is 3.37. The molecule has 1 aromatic carbocycles. The molecule has 0 atom stereocenters. The molecule has 0 aliphatic carbocycles. The first kappa shape index (κ1) is 16.7. The summed E-state index contributed by atoms with van der Waals surface area (Å²) in [4.78, 5) is 20.8. The van der Waals surface area contributed by atoms with Crippen LogP contribution in [0.25, 0.3) is 0 Å². The second-order valence-electron chi connectivity index (χ2n) is 5.53. The highest BCUT2D eigenvalue weighted by molar-refractivity contribution is 7.15. The van der Waals surface area contributed by atoms with Crippen LogP contribution in [0.5, 0.6) is 11.5 Å². The summed E-state index contributed by atoms with van der Waals surface area (Å²) in [7, 11) is 3.11. The van der Waals surface area contributed by atoms with E-state index < -0.39 is 0 Å². The number of carbonyl (C=O) groups excluding carboxylic acids is 1. The molecule has 0 radical (unpaired) electrons. The van der Waals surface area contributed by atoms with Gasteiger partial charge in [0.25, 0.3) is 5.91 Å². The zero-order valence-electron chi connectivity index (χ0n) is 14.1. The van der Waals surface area contributed by atoms with E-state index in [9.17, 15) is 4.79 Å². The number of thiazole rings is 1. The Morgan fingerprint density at radius 1 is 1.38 bits per heavy atom. The van der Waals surface area contributed by atoms with Crippen LogP contribution in [0.4, 0.5) is 5.13 Å². The number of rotatable bonds is 5. The highest BCUT2D eigenvalue weighted by Crippen LogP contribution is 2.30. The molecule has 0 fully saturated rings. The van der Waals surface area contributed by atoms with Gasteiger partial charge in [-0.2, -0.15) is 0 Å². The third-order valence-electron chi connectivity index (χ3n) is 4.13. The van der Waals surface area contributed by atoms with E-state index in [1.54, 1.807) is 43.8 Å². The van der Waals surface area contributed by atoms with E-state index in [1.165, 1.54) is 4.88 Å². The van der Waals surface area contributed by atoms with Crippen molar-refractivity contribution in [2.45, 2.75) is 19.9 Å². The number of fused-ring (bicyclic) bond motifs is 1. The largest absolute Gasteiger partial charge is 0.497 e. The normalized spacial score (nSPS) is 14.1. The van der Waals surface area contributed by atoms with Gasteiger partial charge in [0, 0.05) is 24.4 Å². The monoisotopic (exact) mass is 347 g/mol. The van der Waals surface area contributed by atoms with Crippen LogP contribution in [-0.4, -0.2) is 43.1 Å². The Morgan fingerprint density at radius 2 is 2.21 bits per heavy atom. The summed E-state index contributed by atoms with van der Waals surface area (Å²) in [6.45, 7) is 5.11. The minimum Gasteiger partial charge on any atom is -0.497 e. The van der Waals surface area contributed by atoms with E-state index in [2.05, 4.69) is 22.1 Å². The Labute approximate surface area is 145 Å². The maximum atomic E-state index is 12.6. The summed E-state index contributed by atoms with van der Waals surface area (Å²) in [5.74, 6) is 0.869. The number of ether oxygens (including phenoxy) is 2. The summed E-state index contributed by atoms with van der Waals surface area (Å²) in [6, 6.07) is 5.15. The molecular weight excluding hydrogens is 326 g/mol. The third-order valence-corrected chi connectivity index (χ3v) is 5.13. The molecule has 1 aromatic heterocycles. The number of nitrogens with one attached hydrogen (secondary N) is 1. The van der Waals surface area contributed by atoms with Crippen molar-refractivity contribution in [2.24, 2.45) is 0 Å². The van der Waals surface area contributed by atoms with Crippen LogP contribution in [0, 0.1) is 0 Å². The van der Waals surface area contributed by atoms with Gasteiger partial charge in [-0.05, 0) is 24.7 Å². The van der Waals surface area contributed by atoms with Crippen molar-refractivity contribution in [1.29, 1.82) is 0 Å². The fraction of sp³-hybridized carbons (Fsp3) is 0.412. The van der Waals surface area contributed by atoms with Crippen molar-refractivity contribution in [1.82, 2.24) is 9.88 Å². The average Bonchev–Trinajstić information content (AvgIpc) is 3.02. The van der Waals surface area contributed by atoms with Crippen molar-refractivity contribution < 1.29 is 14.3 Å². The first-order valence-corrected chi connectivity index (χ1v) is 8.70. The molecular formula is C17H21N3O3S. The Balaban J connectivity index is 1.80. The summed E-state index contributed by atoms with van der Waals surface area (Å²) < 4.78 is 10.5. The standard InChI is InChI=1S/C17H21N3O3S/c1-4-20-8-7-13-15(10-20)24-17(18-13)19-16(21)12-9-11(22-2)5-6-14(12)23-3/h5-6,9H,4,7-8,10H2,1-3H3,(H,18,19,21). The highest BCUT2D eigenvalue weighted by Gasteiger charge is 2.21. The second-order valence-corrected chi connectivity index (χ2v) is 6.61. The number of hydrogen-bond donors (Lipinski definition) is 1. The van der Waals surface area contributed by atoms with Gasteiger partial charge in [-0.3, -0.25) is 15.0 Å². The van der Waals surface area contributed by atoms with E-state index in [4.69, 9.17) is 9.47 Å². The van der Waals surface area contributed by atoms with Gasteiger partial charge in [-0.1, -0.05) is 6.92 Å². The molecule has 2 aromatic rings. The van der Waals surface area contributed by atoms with Crippen molar-refractivity contribution in [3.05, 3.63) is 34.3 Å². The summed E-state index contributed by atoms with van der Waals surface area (Å²) in [5.41, 5.74) is 1.53. The number of benzene rings is 1. The molecule has 6 nitrogen and oxygen atoms in total. The van der Waals surface area contributed by atoms with Crippen LogP contribution in [-0.2, 0) is 13.0 Å². The zero-order chi connectivity index (χ0) is 17.1. The van der Waals surface area contributed by atoms with Crippen LogP contribution >= 0.6 is 11.3 Å². The van der Waals surface area contributed by atoms with E-state index >= 15 is 0 Å². The summed E-state index contributed by atoms with van der Waals surface area (Å²) in [6.07, 6.45) is 0.929. The molecule has 2 heterocycles. The van der Waals surface area contributed by atoms with Gasteiger partial charge in [-0.25, -0.2) is 4.98 Å². The SMILES string of the molecule is CCN1CCc2nc(NC(=O)c3cc(OC)ccc3OC)sc2C1. The fourth-order valence-electron chi connectivity index (χ4n) is 2.73. The lowest BCUT2D eigenvalue weighted by Gasteiger charge is -2.23. The number of carbonyl (C=O) groups is 1. The Morgan fingerprint density at radius 3 is 2.92 bits per heavy atom. The highest BCUT2D eigenvalue weighted by atomic mass is 32.1. The maximum Gasteiger partial charge on any atom is 0.261 e. The predicted octanol–water partition coefficient (Wildman–Crippen LogP) is 2.79. The van der Waals surface area contributed by atoms with Crippen molar-refractivity contribution in [3.63, 3.8) is 0 Å². The Hall–Kier alpha value is -2.12. The van der Waals surface area contributed by atoms with Crippen molar-refractivity contribution in [2.75, 3.05) is 32.6 Å². The minimum absolute atomic E-state index is 0.246. The molecule has 1 aliphatic rings. The van der Waals surface area contributed by atoms with Crippen LogP contribution < -0.4 is 14.8 Å². The fourth-order valence-corrected chi connectivity index (χ4v) is 3.77. The van der Waals surface area contributed by atoms with Crippen LogP contribution in [0.1, 0.15) is 27.9 Å². The molecule has 0 spiro atoms. The first-order valence-electron chi connectivity index (χ1n) is 7.89. The number of nitrogens with zero attached hydrogens (tertiary/aromatic N) is 2. The molecule has 7 heteroatoms. The quantitative estimate of drug-likeness (QED) is 0.901. The Bertz CT molecular complexity index is 745. The molecule has 3 rings (SSSR count). The number of hydrogen-bond acceptors (Lipinski definition) is 6. The molecule has 0 unspecified atom stereocenters. The molecule has 1 N–H and O–H groups in total. The van der Waals surface area contributed by atoms with Gasteiger partial charge < -0.3 is 9.47 Å². The predicted molar refractivity (Wildman–Crippen MR) is 94.3 cm³/mol. The lowest BCUT2D eigenvalue weighted by molar-refractivity contribution is 0.102. The van der Waals surface area contributed by atoms with E-state index in [0.717, 1.165) is 31.7 Å². The van der Waals surface area contributed by atoms with Gasteiger partial charge in [0.2, 0.25) is 0 Å². The average molecular weight is 347 g/mol. The number of anilines is 1. The lowest BCUT2D eigenvalue weighted by atomic mass is 10.1. The van der Waals surface area contributed by atoms with Gasteiger partial charge in [0.1, 0.15) is 11.5 Å². The smallest absolute Gasteiger partial charge is 0.261 e. The van der Waals surface area contributed by atoms with Crippen molar-refractivity contribution >= 4 is 22.4 Å². The molecule has 1 amide bonds. The first-order chi connectivity index (χ1) is 11.6. The number of amides is 1. The van der Waals surface area contributed by atoms with Crippen LogP contribution in [0.15, 0.2) is 18.2 Å². The molecule has 0 bridgehead atoms. The second kappa shape index (κ2) is 7.19. The van der Waals surface area contributed by atoms with Crippen molar-refractivity contribution in [3.8, 4) is 11.5 Å². The van der Waals surface area contributed by atoms with E-state index in [-0.39, 0.29) is 5.91 Å². The van der Waals surface area contributed by atoms with Crippen LogP contribution in [0.2, 0.25) is 0 Å². The van der Waals surface area contributed by atoms with Gasteiger partial charge in [-0.15, -0.1) is 11.3 Å². The summed E-state index contributed by atoms with van der Waals surface area (Å²) >= 11 is 1.54.